The highest BCUT2D eigenvalue weighted by Gasteiger charge is 2.36. The maximum atomic E-state index is 14.1. The summed E-state index contributed by atoms with van der Waals surface area (Å²) in [5, 5.41) is 3.07. The van der Waals surface area contributed by atoms with Crippen LogP contribution >= 0.6 is 15.9 Å². The van der Waals surface area contributed by atoms with Crippen molar-refractivity contribution in [3.8, 4) is 0 Å². The van der Waals surface area contributed by atoms with Crippen LogP contribution in [0, 0.1) is 13.8 Å². The largest absolute Gasteiger partial charge is 0.436 e. The van der Waals surface area contributed by atoms with Crippen LogP contribution in [-0.2, 0) is 22.4 Å². The monoisotopic (exact) mass is 722 g/mol. The summed E-state index contributed by atoms with van der Waals surface area (Å²) in [6.07, 6.45) is 4.18. The van der Waals surface area contributed by atoms with Gasteiger partial charge in [0.05, 0.1) is 0 Å². The van der Waals surface area contributed by atoms with Gasteiger partial charge in [-0.1, -0.05) is 46.3 Å². The van der Waals surface area contributed by atoms with Crippen molar-refractivity contribution < 1.29 is 19.1 Å². The molecule has 0 aromatic heterocycles. The van der Waals surface area contributed by atoms with Crippen LogP contribution in [0.1, 0.15) is 54.4 Å². The molecule has 4 aliphatic rings. The van der Waals surface area contributed by atoms with Crippen LogP contribution in [0.2, 0.25) is 0 Å². The number of ether oxygens (including phenoxy) is 1. The van der Waals surface area contributed by atoms with Crippen LogP contribution in [0.3, 0.4) is 0 Å². The minimum absolute atomic E-state index is 0.0420. The lowest BCUT2D eigenvalue weighted by molar-refractivity contribution is -0.142. The third-order valence-corrected chi connectivity index (χ3v) is 12.0. The molecule has 3 saturated heterocycles. The zero-order chi connectivity index (χ0) is 33.8. The van der Waals surface area contributed by atoms with Gasteiger partial charge in [0.15, 0.2) is 6.10 Å². The maximum absolute atomic E-state index is 14.1. The molecule has 4 amide bonds. The number of piperidine rings is 2. The molecule has 4 heterocycles. The van der Waals surface area contributed by atoms with Crippen LogP contribution in [0.5, 0.6) is 0 Å². The van der Waals surface area contributed by atoms with Crippen molar-refractivity contribution >= 4 is 39.6 Å². The predicted octanol–water partition coefficient (Wildman–Crippen LogP) is 5.30. The Bertz CT molecular complexity index is 1450. The highest BCUT2D eigenvalue weighted by atomic mass is 79.9. The molecule has 11 heteroatoms. The second kappa shape index (κ2) is 15.6. The van der Waals surface area contributed by atoms with Crippen molar-refractivity contribution in [2.75, 3.05) is 71.3 Å². The molecule has 0 radical (unpaired) electrons. The first-order valence-electron chi connectivity index (χ1n) is 17.7. The van der Waals surface area contributed by atoms with E-state index in [1.807, 2.05) is 41.8 Å². The first kappa shape index (κ1) is 34.7. The summed E-state index contributed by atoms with van der Waals surface area (Å²) in [5.74, 6) is -0.105. The molecule has 10 nitrogen and oxygen atoms in total. The van der Waals surface area contributed by atoms with E-state index in [1.54, 1.807) is 4.90 Å². The van der Waals surface area contributed by atoms with Gasteiger partial charge in [0, 0.05) is 74.5 Å². The number of likely N-dealkylation sites (tertiary alicyclic amines) is 2. The number of aryl methyl sites for hydroxylation is 2. The molecule has 1 N–H and O–H groups in total. The molecule has 0 saturated carbocycles. The molecule has 2 aromatic rings. The molecule has 0 bridgehead atoms. The number of urea groups is 1. The summed E-state index contributed by atoms with van der Waals surface area (Å²) in [5.41, 5.74) is 5.18. The molecular formula is C37H51BrN6O4. The number of nitrogens with one attached hydrogen (secondary N) is 1. The Kier molecular flexibility index (Phi) is 11.3. The number of nitrogens with zero attached hydrogens (tertiary/aromatic N) is 5. The third kappa shape index (κ3) is 8.17. The minimum atomic E-state index is -0.895. The van der Waals surface area contributed by atoms with E-state index in [1.165, 1.54) is 6.42 Å². The average Bonchev–Trinajstić information content (AvgIpc) is 3.41. The number of hydrogen-bond donors (Lipinski definition) is 1. The van der Waals surface area contributed by atoms with E-state index in [2.05, 4.69) is 56.3 Å². The fourth-order valence-electron chi connectivity index (χ4n) is 7.93. The number of rotatable bonds is 6. The molecule has 0 aliphatic carbocycles. The number of para-hydroxylation sites is 1. The minimum Gasteiger partial charge on any atom is -0.436 e. The Hall–Kier alpha value is -3.15. The van der Waals surface area contributed by atoms with Crippen LogP contribution < -0.4 is 5.32 Å². The van der Waals surface area contributed by atoms with Gasteiger partial charge in [-0.3, -0.25) is 9.69 Å². The van der Waals surface area contributed by atoms with Crippen molar-refractivity contribution in [3.63, 3.8) is 0 Å². The standard InChI is InChI=1S/C37H51BrN6O4/c1-26-23-28(24-27(2)34(26)38)25-33(35(45)42-16-10-30(11-17-42)41-15-6-14-40(3)21-22-41)48-37(47)43-18-12-31(13-19-43)44-20-9-29-7-4-5-8-32(29)39-36(44)46/h4-5,7-8,23-24,30-31,33H,6,9-22,25H2,1-3H3,(H,39,46)/t33-/m1/s1. The first-order chi connectivity index (χ1) is 23.2. The van der Waals surface area contributed by atoms with E-state index in [-0.39, 0.29) is 18.0 Å². The molecule has 260 valence electrons. The van der Waals surface area contributed by atoms with Crippen molar-refractivity contribution in [2.45, 2.75) is 77.0 Å². The number of amides is 4. The van der Waals surface area contributed by atoms with Crippen LogP contribution in [0.25, 0.3) is 0 Å². The van der Waals surface area contributed by atoms with E-state index in [4.69, 9.17) is 4.74 Å². The lowest BCUT2D eigenvalue weighted by atomic mass is 9.99. The van der Waals surface area contributed by atoms with E-state index in [0.717, 1.165) is 77.9 Å². The van der Waals surface area contributed by atoms with Gasteiger partial charge < -0.3 is 29.7 Å². The Labute approximate surface area is 293 Å². The number of carbonyl (C=O) groups is 3. The van der Waals surface area contributed by atoms with Crippen molar-refractivity contribution in [2.24, 2.45) is 0 Å². The van der Waals surface area contributed by atoms with E-state index in [9.17, 15) is 14.4 Å². The fourth-order valence-corrected chi connectivity index (χ4v) is 8.16. The normalized spacial score (nSPS) is 21.2. The van der Waals surface area contributed by atoms with Crippen molar-refractivity contribution in [1.82, 2.24) is 24.5 Å². The zero-order valence-electron chi connectivity index (χ0n) is 28.8. The second-order valence-corrected chi connectivity index (χ2v) is 14.9. The molecule has 4 aliphatic heterocycles. The Morgan fingerprint density at radius 2 is 1.54 bits per heavy atom. The number of hydrogen-bond acceptors (Lipinski definition) is 6. The lowest BCUT2D eigenvalue weighted by Crippen LogP contribution is -2.52. The van der Waals surface area contributed by atoms with Crippen LogP contribution in [0.4, 0.5) is 15.3 Å². The lowest BCUT2D eigenvalue weighted by Gasteiger charge is -2.40. The summed E-state index contributed by atoms with van der Waals surface area (Å²) in [6.45, 7) is 11.4. The van der Waals surface area contributed by atoms with Gasteiger partial charge in [-0.05, 0) is 101 Å². The van der Waals surface area contributed by atoms with Gasteiger partial charge in [-0.25, -0.2) is 9.59 Å². The number of fused-ring (bicyclic) bond motifs is 1. The molecule has 3 fully saturated rings. The average molecular weight is 724 g/mol. The number of anilines is 1. The van der Waals surface area contributed by atoms with Crippen molar-refractivity contribution in [1.29, 1.82) is 0 Å². The zero-order valence-corrected chi connectivity index (χ0v) is 30.3. The maximum Gasteiger partial charge on any atom is 0.410 e. The topological polar surface area (TPSA) is 88.7 Å². The Morgan fingerprint density at radius 1 is 0.875 bits per heavy atom. The summed E-state index contributed by atoms with van der Waals surface area (Å²) < 4.78 is 7.18. The first-order valence-corrected chi connectivity index (χ1v) is 18.5. The summed E-state index contributed by atoms with van der Waals surface area (Å²) in [7, 11) is 2.19. The van der Waals surface area contributed by atoms with Gasteiger partial charge >= 0.3 is 12.1 Å². The van der Waals surface area contributed by atoms with E-state index >= 15 is 0 Å². The van der Waals surface area contributed by atoms with Gasteiger partial charge in [-0.15, -0.1) is 0 Å². The Morgan fingerprint density at radius 3 is 2.27 bits per heavy atom. The van der Waals surface area contributed by atoms with Crippen molar-refractivity contribution in [3.05, 3.63) is 63.1 Å². The summed E-state index contributed by atoms with van der Waals surface area (Å²) in [4.78, 5) is 51.4. The summed E-state index contributed by atoms with van der Waals surface area (Å²) >= 11 is 3.66. The van der Waals surface area contributed by atoms with Gasteiger partial charge in [0.25, 0.3) is 5.91 Å². The number of carbonyl (C=O) groups excluding carboxylic acids is 3. The van der Waals surface area contributed by atoms with Crippen LogP contribution in [0.15, 0.2) is 40.9 Å². The summed E-state index contributed by atoms with van der Waals surface area (Å²) in [6, 6.07) is 12.5. The van der Waals surface area contributed by atoms with Gasteiger partial charge in [0.2, 0.25) is 0 Å². The fraction of sp³-hybridized carbons (Fsp3) is 0.595. The number of halogens is 1. The molecule has 2 aromatic carbocycles. The van der Waals surface area contributed by atoms with Gasteiger partial charge in [-0.2, -0.15) is 0 Å². The van der Waals surface area contributed by atoms with Gasteiger partial charge in [0.1, 0.15) is 0 Å². The highest BCUT2D eigenvalue weighted by Crippen LogP contribution is 2.27. The molecule has 48 heavy (non-hydrogen) atoms. The molecule has 1 atom stereocenters. The SMILES string of the molecule is Cc1cc(C[C@@H](OC(=O)N2CCC(N3CCc4ccccc4NC3=O)CC2)C(=O)N2CCC(N3CCCN(C)CC3)CC2)cc(C)c1Br. The van der Waals surface area contributed by atoms with E-state index < -0.39 is 12.2 Å². The predicted molar refractivity (Wildman–Crippen MR) is 191 cm³/mol. The Balaban J connectivity index is 1.08. The quantitative estimate of drug-likeness (QED) is 0.436. The molecular weight excluding hydrogens is 672 g/mol. The highest BCUT2D eigenvalue weighted by molar-refractivity contribution is 9.10. The van der Waals surface area contributed by atoms with E-state index in [0.29, 0.717) is 58.0 Å². The molecule has 0 unspecified atom stereocenters. The van der Waals surface area contributed by atoms with Crippen LogP contribution in [-0.4, -0.2) is 127 Å². The third-order valence-electron chi connectivity index (χ3n) is 10.8. The number of likely N-dealkylation sites (N-methyl/N-ethyl adjacent to an activating group) is 1. The number of benzene rings is 2. The molecule has 0 spiro atoms. The second-order valence-electron chi connectivity index (χ2n) is 14.1. The smallest absolute Gasteiger partial charge is 0.410 e. The molecule has 6 rings (SSSR count).